The van der Waals surface area contributed by atoms with Crippen LogP contribution in [0.2, 0.25) is 10.0 Å². The van der Waals surface area contributed by atoms with Crippen molar-refractivity contribution in [3.05, 3.63) is 58.1 Å². The lowest BCUT2D eigenvalue weighted by atomic mass is 10.1. The average Bonchev–Trinajstić information content (AvgIpc) is 2.55. The molecule has 8 heteroatoms. The molecule has 0 aliphatic rings. The Bertz CT molecular complexity index is 885. The van der Waals surface area contributed by atoms with Gasteiger partial charge in [0.15, 0.2) is 9.84 Å². The maximum absolute atomic E-state index is 12.1. The van der Waals surface area contributed by atoms with Crippen molar-refractivity contribution >= 4 is 44.6 Å². The number of nitrogens with one attached hydrogen (secondary N) is 1. The average molecular weight is 416 g/mol. The molecule has 0 atom stereocenters. The van der Waals surface area contributed by atoms with Gasteiger partial charge in [0.05, 0.1) is 15.8 Å². The van der Waals surface area contributed by atoms with E-state index in [4.69, 9.17) is 27.9 Å². The fraction of sp³-hybridized carbons (Fsp3) is 0.278. The molecule has 0 aromatic heterocycles. The minimum Gasteiger partial charge on any atom is -0.492 e. The van der Waals surface area contributed by atoms with Crippen molar-refractivity contribution in [1.29, 1.82) is 0 Å². The Labute approximate surface area is 163 Å². The van der Waals surface area contributed by atoms with Crippen LogP contribution in [0.1, 0.15) is 12.0 Å². The molecule has 2 aromatic rings. The first-order valence-corrected chi connectivity index (χ1v) is 10.7. The molecule has 0 saturated heterocycles. The van der Waals surface area contributed by atoms with Gasteiger partial charge in [-0.1, -0.05) is 41.4 Å². The van der Waals surface area contributed by atoms with Crippen LogP contribution in [0.5, 0.6) is 5.75 Å². The van der Waals surface area contributed by atoms with Crippen LogP contribution in [0.15, 0.2) is 42.5 Å². The van der Waals surface area contributed by atoms with Crippen LogP contribution in [0.3, 0.4) is 0 Å². The highest BCUT2D eigenvalue weighted by atomic mass is 35.5. The lowest BCUT2D eigenvalue weighted by Crippen LogP contribution is -2.13. The Hall–Kier alpha value is -1.76. The van der Waals surface area contributed by atoms with E-state index in [-0.39, 0.29) is 24.7 Å². The number of halogens is 2. The van der Waals surface area contributed by atoms with Crippen LogP contribution in [0.25, 0.3) is 0 Å². The highest BCUT2D eigenvalue weighted by Crippen LogP contribution is 2.26. The Balaban J connectivity index is 1.88. The van der Waals surface area contributed by atoms with Gasteiger partial charge in [-0.3, -0.25) is 4.79 Å². The first-order chi connectivity index (χ1) is 12.2. The number of benzene rings is 2. The van der Waals surface area contributed by atoms with Crippen LogP contribution in [0.4, 0.5) is 5.69 Å². The fourth-order valence-electron chi connectivity index (χ4n) is 2.19. The molecule has 26 heavy (non-hydrogen) atoms. The molecule has 0 spiro atoms. The summed E-state index contributed by atoms with van der Waals surface area (Å²) < 4.78 is 27.6. The number of carbonyl (C=O) groups is 1. The van der Waals surface area contributed by atoms with E-state index in [9.17, 15) is 13.2 Å². The second kappa shape index (κ2) is 9.26. The number of rotatable bonds is 8. The Morgan fingerprint density at radius 3 is 2.62 bits per heavy atom. The molecule has 0 aliphatic carbocycles. The van der Waals surface area contributed by atoms with Gasteiger partial charge in [-0.15, -0.1) is 0 Å². The van der Waals surface area contributed by atoms with Crippen LogP contribution < -0.4 is 10.1 Å². The van der Waals surface area contributed by atoms with Crippen molar-refractivity contribution in [2.45, 2.75) is 12.8 Å². The summed E-state index contributed by atoms with van der Waals surface area (Å²) in [5, 5.41) is 3.70. The normalized spacial score (nSPS) is 11.2. The van der Waals surface area contributed by atoms with Gasteiger partial charge in [0.1, 0.15) is 12.4 Å². The van der Waals surface area contributed by atoms with Crippen molar-refractivity contribution in [3.8, 4) is 5.75 Å². The van der Waals surface area contributed by atoms with Crippen LogP contribution in [-0.2, 0) is 21.1 Å². The molecule has 1 N–H and O–H groups in total. The first-order valence-electron chi connectivity index (χ1n) is 7.88. The van der Waals surface area contributed by atoms with E-state index < -0.39 is 9.84 Å². The Morgan fingerprint density at radius 2 is 1.88 bits per heavy atom. The van der Waals surface area contributed by atoms with Crippen molar-refractivity contribution in [3.63, 3.8) is 0 Å². The second-order valence-electron chi connectivity index (χ2n) is 5.77. The highest BCUT2D eigenvalue weighted by Gasteiger charge is 2.09. The van der Waals surface area contributed by atoms with Gasteiger partial charge in [-0.2, -0.15) is 0 Å². The van der Waals surface area contributed by atoms with Crippen LogP contribution >= 0.6 is 23.2 Å². The summed E-state index contributed by atoms with van der Waals surface area (Å²) in [6.45, 7) is 0.0590. The minimum atomic E-state index is -3.08. The molecule has 0 unspecified atom stereocenters. The van der Waals surface area contributed by atoms with Gasteiger partial charge >= 0.3 is 0 Å². The quantitative estimate of drug-likeness (QED) is 0.707. The lowest BCUT2D eigenvalue weighted by molar-refractivity contribution is -0.116. The molecule has 0 fully saturated rings. The van der Waals surface area contributed by atoms with Gasteiger partial charge in [0, 0.05) is 24.4 Å². The highest BCUT2D eigenvalue weighted by molar-refractivity contribution is 7.90. The van der Waals surface area contributed by atoms with Gasteiger partial charge in [-0.05, 0) is 30.2 Å². The number of carbonyl (C=O) groups excluding carboxylic acids is 1. The van der Waals surface area contributed by atoms with Gasteiger partial charge < -0.3 is 10.1 Å². The van der Waals surface area contributed by atoms with E-state index in [2.05, 4.69) is 5.32 Å². The lowest BCUT2D eigenvalue weighted by Gasteiger charge is -2.09. The molecule has 0 heterocycles. The summed E-state index contributed by atoms with van der Waals surface area (Å²) in [6.07, 6.45) is 1.87. The van der Waals surface area contributed by atoms with E-state index in [0.29, 0.717) is 27.9 Å². The topological polar surface area (TPSA) is 72.5 Å². The Kier molecular flexibility index (Phi) is 7.32. The molecule has 1 amide bonds. The predicted octanol–water partition coefficient (Wildman–Crippen LogP) is 3.99. The minimum absolute atomic E-state index is 0.0590. The SMILES string of the molecule is CS(=O)(=O)CCOc1cccc(NC(=O)CCc2cccc(Cl)c2Cl)c1. The molecule has 2 aromatic carbocycles. The maximum atomic E-state index is 12.1. The number of aryl methyl sites for hydroxylation is 1. The third-order valence-corrected chi connectivity index (χ3v) is 5.26. The molecule has 2 rings (SSSR count). The molecule has 0 bridgehead atoms. The molecule has 5 nitrogen and oxygen atoms in total. The zero-order valence-corrected chi connectivity index (χ0v) is 16.5. The number of hydrogen-bond donors (Lipinski definition) is 1. The molecule has 0 radical (unpaired) electrons. The van der Waals surface area contributed by atoms with Gasteiger partial charge in [0.25, 0.3) is 0 Å². The monoisotopic (exact) mass is 415 g/mol. The standard InChI is InChI=1S/C18H19Cl2NO4S/c1-26(23,24)11-10-25-15-6-3-5-14(12-15)21-17(22)9-8-13-4-2-7-16(19)18(13)20/h2-7,12H,8-11H2,1H3,(H,21,22). The van der Waals surface area contributed by atoms with E-state index in [1.54, 1.807) is 36.4 Å². The van der Waals surface area contributed by atoms with E-state index in [1.807, 2.05) is 6.07 Å². The van der Waals surface area contributed by atoms with Crippen LogP contribution in [0, 0.1) is 0 Å². The largest absolute Gasteiger partial charge is 0.492 e. The fourth-order valence-corrected chi connectivity index (χ4v) is 2.99. The number of amides is 1. The van der Waals surface area contributed by atoms with E-state index >= 15 is 0 Å². The third kappa shape index (κ3) is 6.86. The maximum Gasteiger partial charge on any atom is 0.224 e. The Morgan fingerprint density at radius 1 is 1.15 bits per heavy atom. The summed E-state index contributed by atoms with van der Waals surface area (Å²) in [4.78, 5) is 12.1. The number of ether oxygens (including phenoxy) is 1. The molecule has 140 valence electrons. The summed E-state index contributed by atoms with van der Waals surface area (Å²) >= 11 is 12.1. The molecule has 0 aliphatic heterocycles. The second-order valence-corrected chi connectivity index (χ2v) is 8.81. The molecular formula is C18H19Cl2NO4S. The van der Waals surface area contributed by atoms with Crippen molar-refractivity contribution in [1.82, 2.24) is 0 Å². The molecule has 0 saturated carbocycles. The van der Waals surface area contributed by atoms with E-state index in [0.717, 1.165) is 11.8 Å². The number of sulfone groups is 1. The van der Waals surface area contributed by atoms with Gasteiger partial charge in [0.2, 0.25) is 5.91 Å². The van der Waals surface area contributed by atoms with Crippen molar-refractivity contribution in [2.75, 3.05) is 23.9 Å². The van der Waals surface area contributed by atoms with Crippen molar-refractivity contribution < 1.29 is 17.9 Å². The first kappa shape index (κ1) is 20.6. The number of anilines is 1. The van der Waals surface area contributed by atoms with Crippen LogP contribution in [-0.4, -0.2) is 32.9 Å². The summed E-state index contributed by atoms with van der Waals surface area (Å²) in [5.41, 5.74) is 1.39. The summed E-state index contributed by atoms with van der Waals surface area (Å²) in [5.74, 6) is 0.253. The third-order valence-electron chi connectivity index (χ3n) is 3.49. The van der Waals surface area contributed by atoms with Gasteiger partial charge in [-0.25, -0.2) is 8.42 Å². The predicted molar refractivity (Wildman–Crippen MR) is 105 cm³/mol. The molecular weight excluding hydrogens is 397 g/mol. The zero-order chi connectivity index (χ0) is 19.2. The van der Waals surface area contributed by atoms with E-state index in [1.165, 1.54) is 0 Å². The summed E-state index contributed by atoms with van der Waals surface area (Å²) in [7, 11) is -3.08. The number of hydrogen-bond acceptors (Lipinski definition) is 4. The smallest absolute Gasteiger partial charge is 0.224 e. The zero-order valence-electron chi connectivity index (χ0n) is 14.2. The summed E-state index contributed by atoms with van der Waals surface area (Å²) in [6, 6.07) is 12.1. The van der Waals surface area contributed by atoms with Crippen molar-refractivity contribution in [2.24, 2.45) is 0 Å².